The Balaban J connectivity index is 1.38. The second kappa shape index (κ2) is 6.39. The van der Waals surface area contributed by atoms with Gasteiger partial charge in [-0.25, -0.2) is 15.0 Å². The second-order valence-corrected chi connectivity index (χ2v) is 6.94. The van der Waals surface area contributed by atoms with E-state index >= 15 is 0 Å². The molecule has 0 saturated carbocycles. The number of benzene rings is 1. The molecule has 0 atom stereocenters. The molecule has 4 rings (SSSR count). The van der Waals surface area contributed by atoms with E-state index in [1.54, 1.807) is 23.7 Å². The molecule has 1 fully saturated rings. The molecule has 1 saturated heterocycles. The smallest absolute Gasteiger partial charge is 0.225 e. The minimum absolute atomic E-state index is 0.574. The van der Waals surface area contributed by atoms with Gasteiger partial charge < -0.3 is 4.90 Å². The highest BCUT2D eigenvalue weighted by atomic mass is 35.5. The van der Waals surface area contributed by atoms with E-state index in [2.05, 4.69) is 43.0 Å². The molecule has 1 aliphatic rings. The summed E-state index contributed by atoms with van der Waals surface area (Å²) in [5.74, 6) is 0.762. The van der Waals surface area contributed by atoms with E-state index < -0.39 is 0 Å². The first-order valence-electron chi connectivity index (χ1n) is 7.55. The standard InChI is InChI=1S/C16H16ClN5S/c17-13-8-18-16(19-9-13)22-5-3-21(4-6-22)10-12-1-2-15-14(7-12)20-11-23-15/h1-2,7-9,11H,3-6,10H2. The van der Waals surface area contributed by atoms with Crippen molar-refractivity contribution in [3.63, 3.8) is 0 Å². The van der Waals surface area contributed by atoms with Crippen molar-refractivity contribution in [2.45, 2.75) is 6.54 Å². The molecule has 23 heavy (non-hydrogen) atoms. The van der Waals surface area contributed by atoms with Crippen molar-refractivity contribution in [2.75, 3.05) is 31.1 Å². The summed E-state index contributed by atoms with van der Waals surface area (Å²) in [6, 6.07) is 6.57. The van der Waals surface area contributed by atoms with Gasteiger partial charge in [0.1, 0.15) is 0 Å². The number of rotatable bonds is 3. The molecule has 118 valence electrons. The minimum Gasteiger partial charge on any atom is -0.338 e. The Morgan fingerprint density at radius 1 is 1.04 bits per heavy atom. The zero-order chi connectivity index (χ0) is 15.6. The van der Waals surface area contributed by atoms with Gasteiger partial charge in [0.2, 0.25) is 5.95 Å². The summed E-state index contributed by atoms with van der Waals surface area (Å²) in [6.07, 6.45) is 3.30. The molecule has 5 nitrogen and oxygen atoms in total. The first-order chi connectivity index (χ1) is 11.3. The van der Waals surface area contributed by atoms with Crippen molar-refractivity contribution < 1.29 is 0 Å². The lowest BCUT2D eigenvalue weighted by molar-refractivity contribution is 0.249. The number of nitrogens with zero attached hydrogens (tertiary/aromatic N) is 5. The molecule has 0 spiro atoms. The quantitative estimate of drug-likeness (QED) is 0.730. The van der Waals surface area contributed by atoms with E-state index in [1.807, 2.05) is 5.51 Å². The molecule has 0 bridgehead atoms. The summed E-state index contributed by atoms with van der Waals surface area (Å²) in [6.45, 7) is 4.83. The number of piperazine rings is 1. The Kier molecular flexibility index (Phi) is 4.11. The highest BCUT2D eigenvalue weighted by Gasteiger charge is 2.19. The van der Waals surface area contributed by atoms with Crippen LogP contribution in [-0.2, 0) is 6.54 Å². The number of aromatic nitrogens is 3. The molecule has 0 radical (unpaired) electrons. The molecule has 7 heteroatoms. The number of halogens is 1. The summed E-state index contributed by atoms with van der Waals surface area (Å²) in [4.78, 5) is 17.7. The third kappa shape index (κ3) is 3.29. The van der Waals surface area contributed by atoms with Crippen molar-refractivity contribution in [3.8, 4) is 0 Å². The van der Waals surface area contributed by atoms with Gasteiger partial charge in [-0.15, -0.1) is 11.3 Å². The Morgan fingerprint density at radius 3 is 2.61 bits per heavy atom. The molecule has 2 aromatic heterocycles. The van der Waals surface area contributed by atoms with E-state index in [4.69, 9.17) is 11.6 Å². The molecule has 0 N–H and O–H groups in total. The van der Waals surface area contributed by atoms with Crippen LogP contribution in [0, 0.1) is 0 Å². The van der Waals surface area contributed by atoms with E-state index in [1.165, 1.54) is 10.3 Å². The fourth-order valence-corrected chi connectivity index (χ4v) is 3.59. The zero-order valence-corrected chi connectivity index (χ0v) is 14.1. The number of hydrogen-bond donors (Lipinski definition) is 0. The zero-order valence-electron chi connectivity index (χ0n) is 12.5. The van der Waals surface area contributed by atoms with Gasteiger partial charge in [0.15, 0.2) is 0 Å². The van der Waals surface area contributed by atoms with Crippen LogP contribution in [-0.4, -0.2) is 46.0 Å². The fourth-order valence-electron chi connectivity index (χ4n) is 2.83. The van der Waals surface area contributed by atoms with Crippen LogP contribution >= 0.6 is 22.9 Å². The Bertz CT molecular complexity index is 796. The van der Waals surface area contributed by atoms with Gasteiger partial charge in [0, 0.05) is 32.7 Å². The molecule has 0 amide bonds. The SMILES string of the molecule is Clc1cnc(N2CCN(Cc3ccc4scnc4c3)CC2)nc1. The maximum Gasteiger partial charge on any atom is 0.225 e. The number of hydrogen-bond acceptors (Lipinski definition) is 6. The number of anilines is 1. The Labute approximate surface area is 143 Å². The normalized spacial score (nSPS) is 16.1. The fraction of sp³-hybridized carbons (Fsp3) is 0.312. The molecule has 3 aromatic rings. The lowest BCUT2D eigenvalue weighted by Gasteiger charge is -2.34. The molecule has 1 aliphatic heterocycles. The summed E-state index contributed by atoms with van der Waals surface area (Å²) in [7, 11) is 0. The van der Waals surface area contributed by atoms with Crippen LogP contribution in [0.4, 0.5) is 5.95 Å². The molecular formula is C16H16ClN5S. The van der Waals surface area contributed by atoms with Gasteiger partial charge in [-0.2, -0.15) is 0 Å². The maximum atomic E-state index is 5.84. The summed E-state index contributed by atoms with van der Waals surface area (Å²) < 4.78 is 1.25. The Hall–Kier alpha value is -1.76. The molecule has 1 aromatic carbocycles. The topological polar surface area (TPSA) is 45.2 Å². The second-order valence-electron chi connectivity index (χ2n) is 5.62. The molecule has 0 unspecified atom stereocenters. The highest BCUT2D eigenvalue weighted by molar-refractivity contribution is 7.16. The van der Waals surface area contributed by atoms with Crippen LogP contribution in [0.2, 0.25) is 5.02 Å². The van der Waals surface area contributed by atoms with Crippen LogP contribution in [0.3, 0.4) is 0 Å². The summed E-state index contributed by atoms with van der Waals surface area (Å²) in [5.41, 5.74) is 4.32. The molecule has 3 heterocycles. The third-order valence-electron chi connectivity index (χ3n) is 4.06. The van der Waals surface area contributed by atoms with Gasteiger partial charge >= 0.3 is 0 Å². The van der Waals surface area contributed by atoms with Crippen LogP contribution in [0.15, 0.2) is 36.1 Å². The van der Waals surface area contributed by atoms with E-state index in [0.717, 1.165) is 44.2 Å². The van der Waals surface area contributed by atoms with Crippen molar-refractivity contribution in [1.82, 2.24) is 19.9 Å². The highest BCUT2D eigenvalue weighted by Crippen LogP contribution is 2.20. The van der Waals surface area contributed by atoms with E-state index in [9.17, 15) is 0 Å². The average Bonchev–Trinajstić information content (AvgIpc) is 3.04. The predicted octanol–water partition coefficient (Wildman–Crippen LogP) is 3.06. The Morgan fingerprint density at radius 2 is 1.83 bits per heavy atom. The van der Waals surface area contributed by atoms with Crippen molar-refractivity contribution in [2.24, 2.45) is 0 Å². The van der Waals surface area contributed by atoms with Crippen LogP contribution in [0.5, 0.6) is 0 Å². The van der Waals surface area contributed by atoms with Gasteiger partial charge in [0.05, 0.1) is 33.1 Å². The first-order valence-corrected chi connectivity index (χ1v) is 8.81. The van der Waals surface area contributed by atoms with E-state index in [0.29, 0.717) is 5.02 Å². The van der Waals surface area contributed by atoms with Crippen molar-refractivity contribution >= 4 is 39.1 Å². The minimum atomic E-state index is 0.574. The largest absolute Gasteiger partial charge is 0.338 e. The average molecular weight is 346 g/mol. The van der Waals surface area contributed by atoms with Crippen molar-refractivity contribution in [3.05, 3.63) is 46.7 Å². The lowest BCUT2D eigenvalue weighted by Crippen LogP contribution is -2.46. The number of fused-ring (bicyclic) bond motifs is 1. The predicted molar refractivity (Wildman–Crippen MR) is 94.2 cm³/mol. The van der Waals surface area contributed by atoms with Gasteiger partial charge in [-0.3, -0.25) is 4.90 Å². The molecule has 0 aliphatic carbocycles. The monoisotopic (exact) mass is 345 g/mol. The molecular weight excluding hydrogens is 330 g/mol. The van der Waals surface area contributed by atoms with E-state index in [-0.39, 0.29) is 0 Å². The first kappa shape index (κ1) is 14.8. The van der Waals surface area contributed by atoms with Crippen molar-refractivity contribution in [1.29, 1.82) is 0 Å². The summed E-state index contributed by atoms with van der Waals surface area (Å²) >= 11 is 7.53. The van der Waals surface area contributed by atoms with Crippen LogP contribution < -0.4 is 4.90 Å². The van der Waals surface area contributed by atoms with Gasteiger partial charge in [-0.05, 0) is 17.7 Å². The summed E-state index contributed by atoms with van der Waals surface area (Å²) in [5, 5.41) is 0.574. The number of thiazole rings is 1. The maximum absolute atomic E-state index is 5.84. The van der Waals surface area contributed by atoms with Crippen LogP contribution in [0.25, 0.3) is 10.2 Å². The lowest BCUT2D eigenvalue weighted by atomic mass is 10.2. The third-order valence-corrected chi connectivity index (χ3v) is 5.07. The van der Waals surface area contributed by atoms with Gasteiger partial charge in [0.25, 0.3) is 0 Å². The van der Waals surface area contributed by atoms with Crippen LogP contribution in [0.1, 0.15) is 5.56 Å². The van der Waals surface area contributed by atoms with Gasteiger partial charge in [-0.1, -0.05) is 17.7 Å².